The molecule has 0 amide bonds. The predicted molar refractivity (Wildman–Crippen MR) is 85.7 cm³/mol. The van der Waals surface area contributed by atoms with Crippen LogP contribution in [0, 0.1) is 10.1 Å². The maximum absolute atomic E-state index is 12.4. The summed E-state index contributed by atoms with van der Waals surface area (Å²) < 4.78 is 37.9. The molecular formula is C14H13N3O6S. The van der Waals surface area contributed by atoms with E-state index in [2.05, 4.69) is 4.72 Å². The second-order valence-electron chi connectivity index (χ2n) is 4.94. The molecule has 3 N–H and O–H groups in total. The molecule has 3 rings (SSSR count). The van der Waals surface area contributed by atoms with Crippen LogP contribution in [0.15, 0.2) is 41.3 Å². The number of hydrogen-bond donors (Lipinski definition) is 2. The van der Waals surface area contributed by atoms with Crippen LogP contribution < -0.4 is 19.9 Å². The van der Waals surface area contributed by atoms with Crippen molar-refractivity contribution in [2.45, 2.75) is 4.90 Å². The number of rotatable bonds is 4. The van der Waals surface area contributed by atoms with Gasteiger partial charge in [-0.25, -0.2) is 8.42 Å². The van der Waals surface area contributed by atoms with Crippen LogP contribution in [0.5, 0.6) is 11.5 Å². The number of nitrogens with two attached hydrogens (primary N) is 1. The molecule has 0 saturated carbocycles. The van der Waals surface area contributed by atoms with Gasteiger partial charge in [0.15, 0.2) is 11.5 Å². The zero-order valence-corrected chi connectivity index (χ0v) is 13.1. The summed E-state index contributed by atoms with van der Waals surface area (Å²) in [5, 5.41) is 10.6. The minimum absolute atomic E-state index is 0.123. The molecule has 0 radical (unpaired) electrons. The van der Waals surface area contributed by atoms with Gasteiger partial charge in [-0.05, 0) is 12.1 Å². The average molecular weight is 351 g/mol. The fourth-order valence-corrected chi connectivity index (χ4v) is 3.22. The van der Waals surface area contributed by atoms with Crippen LogP contribution in [0.2, 0.25) is 0 Å². The third-order valence-corrected chi connectivity index (χ3v) is 4.70. The largest absolute Gasteiger partial charge is 0.486 e. The van der Waals surface area contributed by atoms with Gasteiger partial charge in [-0.15, -0.1) is 0 Å². The Morgan fingerprint density at radius 1 is 1.08 bits per heavy atom. The number of sulfonamides is 1. The Morgan fingerprint density at radius 3 is 2.25 bits per heavy atom. The third kappa shape index (κ3) is 3.04. The Labute approximate surface area is 137 Å². The highest BCUT2D eigenvalue weighted by Gasteiger charge is 2.20. The van der Waals surface area contributed by atoms with E-state index < -0.39 is 14.9 Å². The summed E-state index contributed by atoms with van der Waals surface area (Å²) in [7, 11) is -3.95. The molecule has 1 aliphatic rings. The van der Waals surface area contributed by atoms with E-state index >= 15 is 0 Å². The van der Waals surface area contributed by atoms with Gasteiger partial charge in [0.25, 0.3) is 15.7 Å². The number of fused-ring (bicyclic) bond motifs is 1. The highest BCUT2D eigenvalue weighted by Crippen LogP contribution is 2.37. The maximum Gasteiger partial charge on any atom is 0.269 e. The SMILES string of the molecule is Nc1cc2c(cc1NS(=O)(=O)c1ccc([N+](=O)[O-])cc1)OCCO2. The van der Waals surface area contributed by atoms with Crippen molar-refractivity contribution in [2.24, 2.45) is 0 Å². The topological polar surface area (TPSA) is 134 Å². The van der Waals surface area contributed by atoms with Crippen LogP contribution in [0.3, 0.4) is 0 Å². The Bertz CT molecular complexity index is 895. The standard InChI is InChI=1S/C14H13N3O6S/c15-11-7-13-14(23-6-5-22-13)8-12(11)16-24(20,21)10-3-1-9(2-4-10)17(18)19/h1-4,7-8,16H,5-6,15H2. The first-order valence-corrected chi connectivity index (χ1v) is 8.31. The number of nitrogens with zero attached hydrogens (tertiary/aromatic N) is 1. The van der Waals surface area contributed by atoms with Gasteiger partial charge in [0.05, 0.1) is 21.2 Å². The quantitative estimate of drug-likeness (QED) is 0.487. The molecule has 1 heterocycles. The Hall–Kier alpha value is -3.01. The number of non-ortho nitro benzene ring substituents is 1. The minimum atomic E-state index is -3.95. The molecule has 0 bridgehead atoms. The van der Waals surface area contributed by atoms with E-state index in [9.17, 15) is 18.5 Å². The Morgan fingerprint density at radius 2 is 1.67 bits per heavy atom. The van der Waals surface area contributed by atoms with E-state index in [1.807, 2.05) is 0 Å². The van der Waals surface area contributed by atoms with Crippen LogP contribution >= 0.6 is 0 Å². The lowest BCUT2D eigenvalue weighted by Gasteiger charge is -2.20. The molecule has 2 aromatic carbocycles. The number of nitro benzene ring substituents is 1. The van der Waals surface area contributed by atoms with Crippen LogP contribution in [-0.4, -0.2) is 26.6 Å². The van der Waals surface area contributed by atoms with Crippen LogP contribution in [0.1, 0.15) is 0 Å². The van der Waals surface area contributed by atoms with Crippen LogP contribution in [-0.2, 0) is 10.0 Å². The Kier molecular flexibility index (Phi) is 3.89. The highest BCUT2D eigenvalue weighted by molar-refractivity contribution is 7.92. The number of benzene rings is 2. The molecule has 2 aromatic rings. The summed E-state index contributed by atoms with van der Waals surface area (Å²) in [6.07, 6.45) is 0. The van der Waals surface area contributed by atoms with Crippen LogP contribution in [0.4, 0.5) is 17.1 Å². The van der Waals surface area contributed by atoms with Gasteiger partial charge in [-0.3, -0.25) is 14.8 Å². The van der Waals surface area contributed by atoms with Crippen molar-refractivity contribution in [3.05, 3.63) is 46.5 Å². The van der Waals surface area contributed by atoms with Gasteiger partial charge in [-0.2, -0.15) is 0 Å². The second kappa shape index (κ2) is 5.89. The maximum atomic E-state index is 12.4. The number of anilines is 2. The van der Waals surface area contributed by atoms with Gasteiger partial charge < -0.3 is 15.2 Å². The minimum Gasteiger partial charge on any atom is -0.486 e. The fraction of sp³-hybridized carbons (Fsp3) is 0.143. The first kappa shape index (κ1) is 15.9. The number of nitrogens with one attached hydrogen (secondary N) is 1. The fourth-order valence-electron chi connectivity index (χ4n) is 2.14. The lowest BCUT2D eigenvalue weighted by molar-refractivity contribution is -0.384. The zero-order valence-electron chi connectivity index (χ0n) is 12.3. The van der Waals surface area contributed by atoms with Crippen molar-refractivity contribution in [1.29, 1.82) is 0 Å². The highest BCUT2D eigenvalue weighted by atomic mass is 32.2. The second-order valence-corrected chi connectivity index (χ2v) is 6.62. The van der Waals surface area contributed by atoms with Crippen molar-refractivity contribution >= 4 is 27.1 Å². The van der Waals surface area contributed by atoms with E-state index in [1.54, 1.807) is 0 Å². The van der Waals surface area contributed by atoms with Crippen molar-refractivity contribution in [1.82, 2.24) is 0 Å². The van der Waals surface area contributed by atoms with Gasteiger partial charge >= 0.3 is 0 Å². The smallest absolute Gasteiger partial charge is 0.269 e. The molecular weight excluding hydrogens is 338 g/mol. The summed E-state index contributed by atoms with van der Waals surface area (Å²) in [5.41, 5.74) is 5.95. The molecule has 0 atom stereocenters. The molecule has 0 aliphatic carbocycles. The van der Waals surface area contributed by atoms with Gasteiger partial charge in [-0.1, -0.05) is 0 Å². The average Bonchev–Trinajstić information content (AvgIpc) is 2.55. The molecule has 9 nitrogen and oxygen atoms in total. The summed E-state index contributed by atoms with van der Waals surface area (Å²) in [6.45, 7) is 0.742. The predicted octanol–water partition coefficient (Wildman–Crippen LogP) is 1.75. The molecule has 10 heteroatoms. The van der Waals surface area contributed by atoms with Crippen molar-refractivity contribution in [3.8, 4) is 11.5 Å². The van der Waals surface area contributed by atoms with Crippen molar-refractivity contribution in [3.63, 3.8) is 0 Å². The van der Waals surface area contributed by atoms with E-state index in [-0.39, 0.29) is 22.0 Å². The first-order valence-electron chi connectivity index (χ1n) is 6.83. The molecule has 0 aromatic heterocycles. The summed E-state index contributed by atoms with van der Waals surface area (Å²) in [6, 6.07) is 7.43. The number of nitro groups is 1. The van der Waals surface area contributed by atoms with E-state index in [0.29, 0.717) is 24.7 Å². The molecule has 0 spiro atoms. The molecule has 0 fully saturated rings. The first-order chi connectivity index (χ1) is 11.4. The zero-order chi connectivity index (χ0) is 17.3. The number of hydrogen-bond acceptors (Lipinski definition) is 7. The molecule has 0 unspecified atom stereocenters. The van der Waals surface area contributed by atoms with Gasteiger partial charge in [0, 0.05) is 24.3 Å². The van der Waals surface area contributed by atoms with Gasteiger partial charge in [0.2, 0.25) is 0 Å². The van der Waals surface area contributed by atoms with E-state index in [4.69, 9.17) is 15.2 Å². The van der Waals surface area contributed by atoms with Gasteiger partial charge in [0.1, 0.15) is 13.2 Å². The molecule has 126 valence electrons. The van der Waals surface area contributed by atoms with Crippen molar-refractivity contribution in [2.75, 3.05) is 23.7 Å². The summed E-state index contributed by atoms with van der Waals surface area (Å²) in [4.78, 5) is 9.90. The molecule has 24 heavy (non-hydrogen) atoms. The molecule has 0 saturated heterocycles. The normalized spacial score (nSPS) is 13.3. The molecule has 1 aliphatic heterocycles. The van der Waals surface area contributed by atoms with E-state index in [0.717, 1.165) is 24.3 Å². The lowest BCUT2D eigenvalue weighted by atomic mass is 10.2. The third-order valence-electron chi connectivity index (χ3n) is 3.32. The number of nitrogen functional groups attached to an aromatic ring is 1. The van der Waals surface area contributed by atoms with E-state index in [1.165, 1.54) is 12.1 Å². The Balaban J connectivity index is 1.90. The number of ether oxygens (including phenoxy) is 2. The lowest BCUT2D eigenvalue weighted by Crippen LogP contribution is -2.18. The summed E-state index contributed by atoms with van der Waals surface area (Å²) >= 11 is 0. The monoisotopic (exact) mass is 351 g/mol. The van der Waals surface area contributed by atoms with Crippen LogP contribution in [0.25, 0.3) is 0 Å². The van der Waals surface area contributed by atoms with Crippen molar-refractivity contribution < 1.29 is 22.8 Å². The summed E-state index contributed by atoms with van der Waals surface area (Å²) in [5.74, 6) is 0.828.